The molecule has 0 aliphatic rings. The van der Waals surface area contributed by atoms with Crippen LogP contribution < -0.4 is 18.9 Å². The number of aliphatic carboxylic acids is 1. The summed E-state index contributed by atoms with van der Waals surface area (Å²) in [7, 11) is -1.32. The third kappa shape index (κ3) is 4.03. The predicted octanol–water partition coefficient (Wildman–Crippen LogP) is 0.957. The second-order valence-corrected chi connectivity index (χ2v) is 7.10. The Hall–Kier alpha value is -2.74. The lowest BCUT2D eigenvalue weighted by atomic mass is 10.2. The van der Waals surface area contributed by atoms with Crippen LogP contribution in [0.1, 0.15) is 5.56 Å². The average molecular weight is 364 g/mol. The molecule has 2 aromatic rings. The van der Waals surface area contributed by atoms with E-state index in [2.05, 4.69) is 0 Å². The minimum atomic E-state index is -4.13. The lowest BCUT2D eigenvalue weighted by Crippen LogP contribution is -2.41. The van der Waals surface area contributed by atoms with Gasteiger partial charge in [0.1, 0.15) is 11.5 Å². The Labute approximate surface area is 146 Å². The van der Waals surface area contributed by atoms with Gasteiger partial charge in [0.15, 0.2) is 0 Å². The smallest absolute Gasteiger partial charge is 0.264 e. The van der Waals surface area contributed by atoms with Crippen LogP contribution in [0.15, 0.2) is 47.4 Å². The molecule has 0 saturated carbocycles. The molecule has 2 aromatic carbocycles. The van der Waals surface area contributed by atoms with E-state index in [0.29, 0.717) is 5.75 Å². The number of ether oxygens (including phenoxy) is 2. The van der Waals surface area contributed by atoms with Crippen LogP contribution >= 0.6 is 0 Å². The highest BCUT2D eigenvalue weighted by Gasteiger charge is 2.27. The SMILES string of the molecule is COc1ccc(N(CC(=O)[O-])S(=O)(=O)c2ccc(C)cc2)c(OC)c1. The Bertz CT molecular complexity index is 861. The van der Waals surface area contributed by atoms with Crippen molar-refractivity contribution in [3.05, 3.63) is 48.0 Å². The number of aryl methyl sites for hydroxylation is 1. The highest BCUT2D eigenvalue weighted by Crippen LogP contribution is 2.35. The Morgan fingerprint density at radius 2 is 1.72 bits per heavy atom. The van der Waals surface area contributed by atoms with E-state index >= 15 is 0 Å². The summed E-state index contributed by atoms with van der Waals surface area (Å²) in [6.45, 7) is 0.973. The number of nitrogens with zero attached hydrogens (tertiary/aromatic N) is 1. The molecule has 0 bridgehead atoms. The van der Waals surface area contributed by atoms with Gasteiger partial charge in [0.05, 0.1) is 37.3 Å². The number of hydrogen-bond donors (Lipinski definition) is 0. The van der Waals surface area contributed by atoms with E-state index in [1.54, 1.807) is 12.1 Å². The highest BCUT2D eigenvalue weighted by atomic mass is 32.2. The third-order valence-electron chi connectivity index (χ3n) is 3.54. The first-order valence-electron chi connectivity index (χ1n) is 7.31. The molecular formula is C17H18NO6S-. The zero-order valence-corrected chi connectivity index (χ0v) is 14.9. The molecule has 0 aliphatic carbocycles. The molecule has 2 rings (SSSR count). The van der Waals surface area contributed by atoms with Crippen LogP contribution in [-0.2, 0) is 14.8 Å². The first-order valence-corrected chi connectivity index (χ1v) is 8.75. The number of benzene rings is 2. The largest absolute Gasteiger partial charge is 0.548 e. The molecule has 0 fully saturated rings. The van der Waals surface area contributed by atoms with Gasteiger partial charge in [-0.2, -0.15) is 0 Å². The van der Waals surface area contributed by atoms with Gasteiger partial charge in [-0.1, -0.05) is 17.7 Å². The van der Waals surface area contributed by atoms with Gasteiger partial charge in [0, 0.05) is 6.07 Å². The highest BCUT2D eigenvalue weighted by molar-refractivity contribution is 7.92. The number of anilines is 1. The van der Waals surface area contributed by atoms with Crippen molar-refractivity contribution < 1.29 is 27.8 Å². The zero-order chi connectivity index (χ0) is 18.6. The van der Waals surface area contributed by atoms with Crippen LogP contribution in [0.25, 0.3) is 0 Å². The molecule has 0 amide bonds. The molecule has 134 valence electrons. The van der Waals surface area contributed by atoms with E-state index in [1.807, 2.05) is 6.92 Å². The summed E-state index contributed by atoms with van der Waals surface area (Å²) in [6, 6.07) is 10.5. The fourth-order valence-corrected chi connectivity index (χ4v) is 3.66. The molecule has 8 heteroatoms. The minimum absolute atomic E-state index is 0.0304. The standard InChI is InChI=1S/C17H19NO6S/c1-12-4-7-14(8-5-12)25(21,22)18(11-17(19)20)15-9-6-13(23-2)10-16(15)24-3/h4-10H,11H2,1-3H3,(H,19,20)/p-1. The lowest BCUT2D eigenvalue weighted by molar-refractivity contribution is -0.303. The molecule has 0 spiro atoms. The Kier molecular flexibility index (Phi) is 5.53. The summed E-state index contributed by atoms with van der Waals surface area (Å²) in [4.78, 5) is 11.1. The number of carboxylic acid groups (broad SMARTS) is 1. The van der Waals surface area contributed by atoms with Crippen molar-refractivity contribution in [1.29, 1.82) is 0 Å². The van der Waals surface area contributed by atoms with Gasteiger partial charge < -0.3 is 19.4 Å². The number of sulfonamides is 1. The van der Waals surface area contributed by atoms with Gasteiger partial charge in [0.2, 0.25) is 0 Å². The van der Waals surface area contributed by atoms with Crippen LogP contribution in [0.5, 0.6) is 11.5 Å². The predicted molar refractivity (Wildman–Crippen MR) is 90.3 cm³/mol. The zero-order valence-electron chi connectivity index (χ0n) is 14.1. The van der Waals surface area contributed by atoms with E-state index in [0.717, 1.165) is 9.87 Å². The summed E-state index contributed by atoms with van der Waals surface area (Å²) in [5, 5.41) is 11.2. The van der Waals surface area contributed by atoms with Crippen molar-refractivity contribution in [3.63, 3.8) is 0 Å². The normalized spacial score (nSPS) is 11.0. The molecule has 0 atom stereocenters. The van der Waals surface area contributed by atoms with Crippen molar-refractivity contribution in [2.45, 2.75) is 11.8 Å². The first-order chi connectivity index (χ1) is 11.8. The molecule has 0 saturated heterocycles. The second-order valence-electron chi connectivity index (χ2n) is 5.23. The van der Waals surface area contributed by atoms with Crippen molar-refractivity contribution in [2.75, 3.05) is 25.1 Å². The van der Waals surface area contributed by atoms with Gasteiger partial charge in [-0.15, -0.1) is 0 Å². The molecule has 0 aliphatic heterocycles. The van der Waals surface area contributed by atoms with Crippen LogP contribution in [-0.4, -0.2) is 35.2 Å². The number of carboxylic acids is 1. The van der Waals surface area contributed by atoms with Crippen molar-refractivity contribution in [2.24, 2.45) is 0 Å². The Morgan fingerprint density at radius 1 is 1.08 bits per heavy atom. The number of hydrogen-bond acceptors (Lipinski definition) is 6. The third-order valence-corrected chi connectivity index (χ3v) is 5.31. The topological polar surface area (TPSA) is 96.0 Å². The van der Waals surface area contributed by atoms with E-state index in [1.165, 1.54) is 44.6 Å². The summed E-state index contributed by atoms with van der Waals surface area (Å²) in [5.74, 6) is -0.924. The van der Waals surface area contributed by atoms with Crippen LogP contribution in [0.2, 0.25) is 0 Å². The summed E-state index contributed by atoms with van der Waals surface area (Å²) in [6.07, 6.45) is 0. The first kappa shape index (κ1) is 18.6. The fourth-order valence-electron chi connectivity index (χ4n) is 2.25. The number of methoxy groups -OCH3 is 2. The van der Waals surface area contributed by atoms with Crippen molar-refractivity contribution >= 4 is 21.7 Å². The van der Waals surface area contributed by atoms with Crippen LogP contribution in [0.3, 0.4) is 0 Å². The lowest BCUT2D eigenvalue weighted by Gasteiger charge is -2.26. The number of rotatable bonds is 7. The van der Waals surface area contributed by atoms with E-state index in [4.69, 9.17) is 9.47 Å². The average Bonchev–Trinajstić information content (AvgIpc) is 2.59. The molecule has 7 nitrogen and oxygen atoms in total. The fraction of sp³-hybridized carbons (Fsp3) is 0.235. The maximum absolute atomic E-state index is 13.0. The molecule has 0 heterocycles. The maximum Gasteiger partial charge on any atom is 0.264 e. The maximum atomic E-state index is 13.0. The van der Waals surface area contributed by atoms with Gasteiger partial charge in [-0.25, -0.2) is 8.42 Å². The van der Waals surface area contributed by atoms with Gasteiger partial charge in [-0.05, 0) is 31.2 Å². The molecule has 0 N–H and O–H groups in total. The van der Waals surface area contributed by atoms with Gasteiger partial charge >= 0.3 is 0 Å². The number of carbonyl (C=O) groups excluding carboxylic acids is 1. The minimum Gasteiger partial charge on any atom is -0.548 e. The van der Waals surface area contributed by atoms with Gasteiger partial charge in [-0.3, -0.25) is 4.31 Å². The second kappa shape index (κ2) is 7.43. The van der Waals surface area contributed by atoms with E-state index in [-0.39, 0.29) is 16.3 Å². The Morgan fingerprint density at radius 3 is 2.24 bits per heavy atom. The summed E-state index contributed by atoms with van der Waals surface area (Å²) < 4.78 is 36.9. The van der Waals surface area contributed by atoms with Gasteiger partial charge in [0.25, 0.3) is 10.0 Å². The van der Waals surface area contributed by atoms with Crippen molar-refractivity contribution in [1.82, 2.24) is 0 Å². The molecule has 0 radical (unpaired) electrons. The van der Waals surface area contributed by atoms with Crippen LogP contribution in [0.4, 0.5) is 5.69 Å². The van der Waals surface area contributed by atoms with Crippen molar-refractivity contribution in [3.8, 4) is 11.5 Å². The number of carbonyl (C=O) groups is 1. The Balaban J connectivity index is 2.60. The quantitative estimate of drug-likeness (QED) is 0.726. The molecule has 25 heavy (non-hydrogen) atoms. The molecular weight excluding hydrogens is 346 g/mol. The summed E-state index contributed by atoms with van der Waals surface area (Å²) >= 11 is 0. The van der Waals surface area contributed by atoms with Crippen LogP contribution in [0, 0.1) is 6.92 Å². The monoisotopic (exact) mass is 364 g/mol. The summed E-state index contributed by atoms with van der Waals surface area (Å²) in [5.41, 5.74) is 0.959. The van der Waals surface area contributed by atoms with E-state index < -0.39 is 22.5 Å². The van der Waals surface area contributed by atoms with E-state index in [9.17, 15) is 18.3 Å². The molecule has 0 unspecified atom stereocenters. The molecule has 0 aromatic heterocycles.